The molecule has 0 saturated heterocycles. The minimum Gasteiger partial charge on any atom is -0.332 e. The van der Waals surface area contributed by atoms with Crippen LogP contribution in [0.5, 0.6) is 0 Å². The van der Waals surface area contributed by atoms with Gasteiger partial charge in [0.25, 0.3) is 5.89 Å². The molecule has 0 bridgehead atoms. The fourth-order valence-electron chi connectivity index (χ4n) is 2.65. The van der Waals surface area contributed by atoms with E-state index in [-0.39, 0.29) is 22.8 Å². The molecule has 0 unspecified atom stereocenters. The minimum atomic E-state index is -0.408. The van der Waals surface area contributed by atoms with E-state index in [1.807, 2.05) is 24.3 Å². The summed E-state index contributed by atoms with van der Waals surface area (Å²) in [5.74, 6) is -0.234. The van der Waals surface area contributed by atoms with Gasteiger partial charge in [-0.2, -0.15) is 10.1 Å². The second-order valence-corrected chi connectivity index (χ2v) is 5.93. The Hall–Kier alpha value is -3.61. The lowest BCUT2D eigenvalue weighted by Gasteiger charge is -2.06. The molecule has 0 aliphatic carbocycles. The van der Waals surface area contributed by atoms with Gasteiger partial charge in [0.05, 0.1) is 5.69 Å². The van der Waals surface area contributed by atoms with Crippen LogP contribution in [-0.4, -0.2) is 19.9 Å². The maximum absolute atomic E-state index is 13.4. The summed E-state index contributed by atoms with van der Waals surface area (Å²) in [7, 11) is 0. The molecule has 2 aromatic heterocycles. The molecule has 0 aliphatic rings. The predicted octanol–water partition coefficient (Wildman–Crippen LogP) is 3.65. The first-order chi connectivity index (χ1) is 13.1. The molecule has 0 N–H and O–H groups in total. The van der Waals surface area contributed by atoms with E-state index in [1.165, 1.54) is 23.8 Å². The fraction of sp³-hybridized carbons (Fsp3) is 0.100. The lowest BCUT2D eigenvalue weighted by atomic mass is 10.1. The molecular formula is C20H15FN4O2. The highest BCUT2D eigenvalue weighted by atomic mass is 19.1. The van der Waals surface area contributed by atoms with Crippen LogP contribution < -0.4 is 5.43 Å². The highest BCUT2D eigenvalue weighted by Gasteiger charge is 2.16. The Labute approximate surface area is 153 Å². The second kappa shape index (κ2) is 6.95. The van der Waals surface area contributed by atoms with Crippen molar-refractivity contribution in [2.45, 2.75) is 13.3 Å². The molecule has 0 fully saturated rings. The van der Waals surface area contributed by atoms with Gasteiger partial charge in [-0.1, -0.05) is 36.3 Å². The van der Waals surface area contributed by atoms with E-state index in [0.29, 0.717) is 5.56 Å². The number of halogens is 1. The molecule has 6 nitrogen and oxygen atoms in total. The van der Waals surface area contributed by atoms with Crippen molar-refractivity contribution in [2.75, 3.05) is 0 Å². The molecule has 0 radical (unpaired) electrons. The van der Waals surface area contributed by atoms with Gasteiger partial charge in [-0.3, -0.25) is 4.79 Å². The van der Waals surface area contributed by atoms with Crippen molar-refractivity contribution in [1.82, 2.24) is 19.9 Å². The molecule has 2 aromatic carbocycles. The number of nitrogens with zero attached hydrogens (tertiary/aromatic N) is 4. The number of aryl methyl sites for hydroxylation is 1. The highest BCUT2D eigenvalue weighted by molar-refractivity contribution is 5.57. The monoisotopic (exact) mass is 362 g/mol. The van der Waals surface area contributed by atoms with Crippen molar-refractivity contribution in [2.24, 2.45) is 0 Å². The molecule has 4 aromatic rings. The number of benzene rings is 2. The number of hydrogen-bond donors (Lipinski definition) is 0. The highest BCUT2D eigenvalue weighted by Crippen LogP contribution is 2.20. The third-order valence-electron chi connectivity index (χ3n) is 4.13. The average Bonchev–Trinajstić information content (AvgIpc) is 3.18. The first-order valence-corrected chi connectivity index (χ1v) is 8.43. The zero-order valence-corrected chi connectivity index (χ0v) is 14.5. The van der Waals surface area contributed by atoms with Crippen LogP contribution in [0.25, 0.3) is 28.7 Å². The number of hydrogen-bond acceptors (Lipinski definition) is 5. The summed E-state index contributed by atoms with van der Waals surface area (Å²) < 4.78 is 20.2. The third kappa shape index (κ3) is 3.39. The van der Waals surface area contributed by atoms with Crippen LogP contribution in [0.2, 0.25) is 0 Å². The standard InChI is InChI=1S/C20H15FN4O2/c1-2-13-6-8-16(9-7-13)25-11-10-17(26)18(23-25)20-22-19(24-27-20)14-4-3-5-15(21)12-14/h3-12H,2H2,1H3. The van der Waals surface area contributed by atoms with Gasteiger partial charge in [-0.05, 0) is 36.2 Å². The average molecular weight is 362 g/mol. The van der Waals surface area contributed by atoms with Gasteiger partial charge in [0.1, 0.15) is 5.82 Å². The molecule has 7 heteroatoms. The maximum atomic E-state index is 13.4. The van der Waals surface area contributed by atoms with Crippen molar-refractivity contribution in [3.63, 3.8) is 0 Å². The van der Waals surface area contributed by atoms with E-state index in [0.717, 1.165) is 12.1 Å². The predicted molar refractivity (Wildman–Crippen MR) is 97.9 cm³/mol. The van der Waals surface area contributed by atoms with E-state index in [4.69, 9.17) is 4.52 Å². The van der Waals surface area contributed by atoms with Crippen molar-refractivity contribution in [3.05, 3.63) is 82.4 Å². The van der Waals surface area contributed by atoms with Crippen LogP contribution in [0.4, 0.5) is 4.39 Å². The molecule has 0 amide bonds. The van der Waals surface area contributed by atoms with Gasteiger partial charge in [-0.25, -0.2) is 9.07 Å². The van der Waals surface area contributed by atoms with E-state index < -0.39 is 5.82 Å². The van der Waals surface area contributed by atoms with Gasteiger partial charge in [-0.15, -0.1) is 0 Å². The van der Waals surface area contributed by atoms with Crippen LogP contribution in [-0.2, 0) is 6.42 Å². The number of rotatable bonds is 4. The zero-order valence-electron chi connectivity index (χ0n) is 14.5. The third-order valence-corrected chi connectivity index (χ3v) is 4.13. The minimum absolute atomic E-state index is 0.0150. The van der Waals surface area contributed by atoms with Crippen molar-refractivity contribution < 1.29 is 8.91 Å². The summed E-state index contributed by atoms with van der Waals surface area (Å²) in [6, 6.07) is 15.1. The molecule has 4 rings (SSSR count). The van der Waals surface area contributed by atoms with Crippen LogP contribution in [0, 0.1) is 5.82 Å². The van der Waals surface area contributed by atoms with Gasteiger partial charge >= 0.3 is 0 Å². The molecule has 0 spiro atoms. The largest absolute Gasteiger partial charge is 0.332 e. The first kappa shape index (κ1) is 16.8. The summed E-state index contributed by atoms with van der Waals surface area (Å²) in [6.07, 6.45) is 2.52. The Balaban J connectivity index is 1.72. The Morgan fingerprint density at radius 3 is 2.67 bits per heavy atom. The quantitative estimate of drug-likeness (QED) is 0.554. The van der Waals surface area contributed by atoms with Gasteiger partial charge in [0.15, 0.2) is 5.69 Å². The lowest BCUT2D eigenvalue weighted by Crippen LogP contribution is -2.12. The Morgan fingerprint density at radius 2 is 1.93 bits per heavy atom. The molecule has 27 heavy (non-hydrogen) atoms. The Morgan fingerprint density at radius 1 is 1.11 bits per heavy atom. The first-order valence-electron chi connectivity index (χ1n) is 8.43. The van der Waals surface area contributed by atoms with Crippen LogP contribution in [0.15, 0.2) is 70.1 Å². The summed E-state index contributed by atoms with van der Waals surface area (Å²) in [5, 5.41) is 8.16. The lowest BCUT2D eigenvalue weighted by molar-refractivity contribution is 0.429. The van der Waals surface area contributed by atoms with Crippen molar-refractivity contribution >= 4 is 0 Å². The van der Waals surface area contributed by atoms with Crippen molar-refractivity contribution in [3.8, 4) is 28.7 Å². The second-order valence-electron chi connectivity index (χ2n) is 5.93. The fourth-order valence-corrected chi connectivity index (χ4v) is 2.65. The molecule has 0 aliphatic heterocycles. The molecule has 0 atom stereocenters. The summed E-state index contributed by atoms with van der Waals surface area (Å²) in [5.41, 5.74) is 2.16. The van der Waals surface area contributed by atoms with Crippen LogP contribution in [0.3, 0.4) is 0 Å². The summed E-state index contributed by atoms with van der Waals surface area (Å²) in [6.45, 7) is 2.08. The molecule has 2 heterocycles. The van der Waals surface area contributed by atoms with Crippen LogP contribution in [0.1, 0.15) is 12.5 Å². The smallest absolute Gasteiger partial charge is 0.282 e. The molecular weight excluding hydrogens is 347 g/mol. The SMILES string of the molecule is CCc1ccc(-n2ccc(=O)c(-c3nc(-c4cccc(F)c4)no3)n2)cc1. The van der Waals surface area contributed by atoms with E-state index in [1.54, 1.807) is 23.0 Å². The molecule has 0 saturated carbocycles. The van der Waals surface area contributed by atoms with Crippen LogP contribution >= 0.6 is 0 Å². The van der Waals surface area contributed by atoms with Gasteiger partial charge in [0, 0.05) is 17.8 Å². The van der Waals surface area contributed by atoms with Gasteiger partial charge < -0.3 is 4.52 Å². The summed E-state index contributed by atoms with van der Waals surface area (Å²) >= 11 is 0. The normalized spacial score (nSPS) is 10.9. The van der Waals surface area contributed by atoms with E-state index in [9.17, 15) is 9.18 Å². The van der Waals surface area contributed by atoms with Crippen molar-refractivity contribution in [1.29, 1.82) is 0 Å². The summed E-state index contributed by atoms with van der Waals surface area (Å²) in [4.78, 5) is 16.4. The van der Waals surface area contributed by atoms with E-state index in [2.05, 4.69) is 22.2 Å². The topological polar surface area (TPSA) is 73.8 Å². The number of aromatic nitrogens is 4. The molecule has 134 valence electrons. The Kier molecular flexibility index (Phi) is 4.33. The zero-order chi connectivity index (χ0) is 18.8. The maximum Gasteiger partial charge on any atom is 0.282 e. The van der Waals surface area contributed by atoms with E-state index >= 15 is 0 Å². The van der Waals surface area contributed by atoms with Gasteiger partial charge in [0.2, 0.25) is 11.3 Å². The Bertz CT molecular complexity index is 1150.